The minimum absolute atomic E-state index is 0.0294. The minimum Gasteiger partial charge on any atom is -0.325 e. The number of nitrogens with zero attached hydrogens (tertiary/aromatic N) is 2. The maximum atomic E-state index is 12.5. The number of anilines is 1. The molecule has 1 aromatic heterocycles. The Kier molecular flexibility index (Phi) is 4.90. The van der Waals surface area contributed by atoms with E-state index in [9.17, 15) is 9.59 Å². The molecule has 25 heavy (non-hydrogen) atoms. The number of aryl methyl sites for hydroxylation is 1. The molecule has 0 unspecified atom stereocenters. The van der Waals surface area contributed by atoms with Crippen LogP contribution in [0.1, 0.15) is 24.2 Å². The van der Waals surface area contributed by atoms with E-state index in [4.69, 9.17) is 0 Å². The Bertz CT molecular complexity index is 949. The third kappa shape index (κ3) is 3.74. The Hall–Kier alpha value is -2.60. The van der Waals surface area contributed by atoms with Gasteiger partial charge in [-0.2, -0.15) is 0 Å². The molecule has 2 aromatic carbocycles. The summed E-state index contributed by atoms with van der Waals surface area (Å²) in [5, 5.41) is 3.33. The fraction of sp³-hybridized carbons (Fsp3) is 0.211. The Morgan fingerprint density at radius 3 is 2.64 bits per heavy atom. The number of amides is 1. The summed E-state index contributed by atoms with van der Waals surface area (Å²) in [7, 11) is 1.94. The van der Waals surface area contributed by atoms with E-state index in [0.29, 0.717) is 11.3 Å². The van der Waals surface area contributed by atoms with Crippen LogP contribution in [-0.2, 0) is 11.8 Å². The van der Waals surface area contributed by atoms with Crippen molar-refractivity contribution < 1.29 is 9.59 Å². The lowest BCUT2D eigenvalue weighted by Gasteiger charge is -2.12. The van der Waals surface area contributed by atoms with Crippen molar-refractivity contribution in [1.82, 2.24) is 9.55 Å². The zero-order chi connectivity index (χ0) is 18.0. The molecule has 0 saturated carbocycles. The number of carbonyl (C=O) groups is 2. The van der Waals surface area contributed by atoms with Gasteiger partial charge in [-0.3, -0.25) is 9.59 Å². The van der Waals surface area contributed by atoms with Crippen LogP contribution in [0.3, 0.4) is 0 Å². The molecule has 128 valence electrons. The molecule has 0 spiro atoms. The van der Waals surface area contributed by atoms with Crippen LogP contribution in [0.4, 0.5) is 5.69 Å². The second kappa shape index (κ2) is 7.11. The molecule has 6 heteroatoms. The molecule has 0 aliphatic rings. The highest BCUT2D eigenvalue weighted by atomic mass is 32.2. The molecule has 1 atom stereocenters. The molecule has 0 fully saturated rings. The van der Waals surface area contributed by atoms with Crippen molar-refractivity contribution in [3.63, 3.8) is 0 Å². The average molecular weight is 353 g/mol. The number of Topliss-reactive ketones (excluding diaryl/α,β-unsaturated/α-hetero) is 1. The second-order valence-corrected chi connectivity index (χ2v) is 7.14. The van der Waals surface area contributed by atoms with Gasteiger partial charge in [-0.05, 0) is 38.1 Å². The van der Waals surface area contributed by atoms with E-state index in [-0.39, 0.29) is 16.9 Å². The number of hydrogen-bond acceptors (Lipinski definition) is 4. The van der Waals surface area contributed by atoms with Gasteiger partial charge in [-0.1, -0.05) is 36.0 Å². The van der Waals surface area contributed by atoms with Crippen molar-refractivity contribution in [3.8, 4) is 0 Å². The van der Waals surface area contributed by atoms with Crippen molar-refractivity contribution in [2.24, 2.45) is 7.05 Å². The fourth-order valence-electron chi connectivity index (χ4n) is 2.50. The number of thioether (sulfide) groups is 1. The predicted molar refractivity (Wildman–Crippen MR) is 101 cm³/mol. The minimum atomic E-state index is -0.323. The van der Waals surface area contributed by atoms with Crippen molar-refractivity contribution in [2.75, 3.05) is 5.32 Å². The van der Waals surface area contributed by atoms with Gasteiger partial charge >= 0.3 is 0 Å². The zero-order valence-corrected chi connectivity index (χ0v) is 15.1. The summed E-state index contributed by atoms with van der Waals surface area (Å²) in [5.41, 5.74) is 3.14. The zero-order valence-electron chi connectivity index (χ0n) is 14.3. The number of fused-ring (bicyclic) bond motifs is 1. The Balaban J connectivity index is 1.73. The highest BCUT2D eigenvalue weighted by Crippen LogP contribution is 2.26. The number of nitrogens with one attached hydrogen (secondary N) is 1. The number of para-hydroxylation sites is 2. The van der Waals surface area contributed by atoms with Gasteiger partial charge in [0.15, 0.2) is 10.9 Å². The Morgan fingerprint density at radius 1 is 1.16 bits per heavy atom. The van der Waals surface area contributed by atoms with Crippen LogP contribution >= 0.6 is 11.8 Å². The monoisotopic (exact) mass is 353 g/mol. The number of carbonyl (C=O) groups excluding carboxylic acids is 2. The van der Waals surface area contributed by atoms with Crippen molar-refractivity contribution in [2.45, 2.75) is 24.3 Å². The first-order valence-electron chi connectivity index (χ1n) is 7.95. The van der Waals surface area contributed by atoms with Gasteiger partial charge in [0.2, 0.25) is 5.91 Å². The van der Waals surface area contributed by atoms with Crippen LogP contribution in [0.2, 0.25) is 0 Å². The smallest absolute Gasteiger partial charge is 0.237 e. The summed E-state index contributed by atoms with van der Waals surface area (Å²) >= 11 is 1.41. The Morgan fingerprint density at radius 2 is 1.92 bits per heavy atom. The first-order chi connectivity index (χ1) is 12.0. The number of hydrogen-bond donors (Lipinski definition) is 1. The average Bonchev–Trinajstić information content (AvgIpc) is 2.91. The van der Waals surface area contributed by atoms with Gasteiger partial charge in [0.05, 0.1) is 16.3 Å². The molecule has 5 nitrogen and oxygen atoms in total. The molecule has 0 bridgehead atoms. The topological polar surface area (TPSA) is 64.0 Å². The fourth-order valence-corrected chi connectivity index (χ4v) is 3.39. The molecule has 0 aliphatic heterocycles. The van der Waals surface area contributed by atoms with Crippen LogP contribution in [0, 0.1) is 0 Å². The lowest BCUT2D eigenvalue weighted by Crippen LogP contribution is -2.23. The van der Waals surface area contributed by atoms with Gasteiger partial charge in [-0.15, -0.1) is 0 Å². The second-order valence-electron chi connectivity index (χ2n) is 5.83. The standard InChI is InChI=1S/C19H19N3O2S/c1-12(23)14-7-6-8-15(11-14)20-18(24)13(2)25-19-21-16-9-4-5-10-17(16)22(19)3/h4-11,13H,1-3H3,(H,20,24)/t13-/m0/s1. The van der Waals surface area contributed by atoms with Gasteiger partial charge in [0, 0.05) is 18.3 Å². The molecule has 1 heterocycles. The maximum absolute atomic E-state index is 12.5. The molecule has 0 aliphatic carbocycles. The highest BCUT2D eigenvalue weighted by Gasteiger charge is 2.18. The van der Waals surface area contributed by atoms with Crippen LogP contribution in [0.25, 0.3) is 11.0 Å². The van der Waals surface area contributed by atoms with E-state index in [2.05, 4.69) is 10.3 Å². The van der Waals surface area contributed by atoms with E-state index in [0.717, 1.165) is 16.2 Å². The Labute approximate surface area is 150 Å². The van der Waals surface area contributed by atoms with E-state index in [1.54, 1.807) is 24.3 Å². The van der Waals surface area contributed by atoms with Crippen molar-refractivity contribution >= 4 is 40.2 Å². The SMILES string of the molecule is CC(=O)c1cccc(NC(=O)[C@H](C)Sc2nc3ccccc3n2C)c1. The van der Waals surface area contributed by atoms with Gasteiger partial charge < -0.3 is 9.88 Å². The number of rotatable bonds is 5. The van der Waals surface area contributed by atoms with Crippen LogP contribution < -0.4 is 5.32 Å². The van der Waals surface area contributed by atoms with Gasteiger partial charge in [-0.25, -0.2) is 4.98 Å². The lowest BCUT2D eigenvalue weighted by atomic mass is 10.1. The third-order valence-electron chi connectivity index (χ3n) is 3.93. The number of aromatic nitrogens is 2. The molecule has 3 rings (SSSR count). The van der Waals surface area contributed by atoms with E-state index in [1.165, 1.54) is 18.7 Å². The normalized spacial score (nSPS) is 12.1. The van der Waals surface area contributed by atoms with Crippen LogP contribution in [0.15, 0.2) is 53.7 Å². The summed E-state index contributed by atoms with van der Waals surface area (Å²) in [6.07, 6.45) is 0. The summed E-state index contributed by atoms with van der Waals surface area (Å²) in [4.78, 5) is 28.5. The maximum Gasteiger partial charge on any atom is 0.237 e. The summed E-state index contributed by atoms with van der Waals surface area (Å²) < 4.78 is 1.99. The number of imidazole rings is 1. The first-order valence-corrected chi connectivity index (χ1v) is 8.83. The van der Waals surface area contributed by atoms with Crippen LogP contribution in [0.5, 0.6) is 0 Å². The number of ketones is 1. The summed E-state index contributed by atoms with van der Waals surface area (Å²) in [5.74, 6) is -0.156. The van der Waals surface area contributed by atoms with Gasteiger partial charge in [0.25, 0.3) is 0 Å². The quantitative estimate of drug-likeness (QED) is 0.558. The lowest BCUT2D eigenvalue weighted by molar-refractivity contribution is -0.115. The predicted octanol–water partition coefficient (Wildman–Crippen LogP) is 3.90. The van der Waals surface area contributed by atoms with Crippen molar-refractivity contribution in [1.29, 1.82) is 0 Å². The molecule has 1 N–H and O–H groups in total. The van der Waals surface area contributed by atoms with Gasteiger partial charge in [0.1, 0.15) is 0 Å². The largest absolute Gasteiger partial charge is 0.325 e. The highest BCUT2D eigenvalue weighted by molar-refractivity contribution is 8.00. The molecular formula is C19H19N3O2S. The van der Waals surface area contributed by atoms with Crippen molar-refractivity contribution in [3.05, 3.63) is 54.1 Å². The van der Waals surface area contributed by atoms with Crippen LogP contribution in [-0.4, -0.2) is 26.5 Å². The number of benzene rings is 2. The third-order valence-corrected chi connectivity index (χ3v) is 5.08. The van der Waals surface area contributed by atoms with E-state index >= 15 is 0 Å². The molecule has 3 aromatic rings. The van der Waals surface area contributed by atoms with E-state index in [1.807, 2.05) is 42.8 Å². The molecule has 0 saturated heterocycles. The molecule has 0 radical (unpaired) electrons. The summed E-state index contributed by atoms with van der Waals surface area (Å²) in [6.45, 7) is 3.35. The van der Waals surface area contributed by atoms with E-state index < -0.39 is 0 Å². The summed E-state index contributed by atoms with van der Waals surface area (Å²) in [6, 6.07) is 14.8. The first kappa shape index (κ1) is 17.2. The molecule has 1 amide bonds. The molecular weight excluding hydrogens is 334 g/mol.